The zero-order valence-electron chi connectivity index (χ0n) is 26.4. The summed E-state index contributed by atoms with van der Waals surface area (Å²) in [5.74, 6) is 0. The molecule has 0 aliphatic carbocycles. The minimum atomic E-state index is -2.14. The highest BCUT2D eigenvalue weighted by Crippen LogP contribution is 2.46. The molecule has 0 N–H and O–H groups in total. The third-order valence-corrected chi connectivity index (χ3v) is 23.7. The first-order valence-electron chi connectivity index (χ1n) is 13.9. The van der Waals surface area contributed by atoms with Gasteiger partial charge in [0.2, 0.25) is 0 Å². The van der Waals surface area contributed by atoms with Gasteiger partial charge < -0.3 is 18.0 Å². The van der Waals surface area contributed by atoms with Crippen LogP contribution >= 0.6 is 11.8 Å². The summed E-state index contributed by atoms with van der Waals surface area (Å²) in [5.41, 5.74) is -0.162. The van der Waals surface area contributed by atoms with E-state index in [1.165, 1.54) is 4.90 Å². The smallest absolute Gasteiger partial charge is 0.192 e. The van der Waals surface area contributed by atoms with Crippen LogP contribution in [0.2, 0.25) is 54.4 Å². The molecular weight excluding hydrogens is 529 g/mol. The molecule has 0 amide bonds. The van der Waals surface area contributed by atoms with E-state index in [0.717, 1.165) is 0 Å². The minimum Gasteiger partial charge on any atom is -0.409 e. The molecule has 2 rings (SSSR count). The highest BCUT2D eigenvalue weighted by Gasteiger charge is 2.53. The maximum atomic E-state index is 7.29. The molecule has 0 unspecified atom stereocenters. The van der Waals surface area contributed by atoms with Crippen molar-refractivity contribution >= 4 is 36.7 Å². The first kappa shape index (κ1) is 33.3. The summed E-state index contributed by atoms with van der Waals surface area (Å²) in [7, 11) is -6.35. The quantitative estimate of drug-likeness (QED) is 0.285. The van der Waals surface area contributed by atoms with Gasteiger partial charge in [-0.05, 0) is 66.5 Å². The predicted octanol–water partition coefficient (Wildman–Crippen LogP) is 9.31. The fourth-order valence-corrected chi connectivity index (χ4v) is 8.53. The molecule has 4 nitrogen and oxygen atoms in total. The van der Waals surface area contributed by atoms with Crippen molar-refractivity contribution in [3.8, 4) is 0 Å². The highest BCUT2D eigenvalue weighted by atomic mass is 32.2. The molecule has 1 aliphatic heterocycles. The van der Waals surface area contributed by atoms with E-state index in [9.17, 15) is 0 Å². The second-order valence-corrected chi connectivity index (χ2v) is 30.7. The third-order valence-electron chi connectivity index (χ3n) is 9.10. The van der Waals surface area contributed by atoms with Gasteiger partial charge in [-0.15, -0.1) is 0 Å². The molecule has 214 valence electrons. The molecule has 0 radical (unpaired) electrons. The molecule has 1 aliphatic rings. The number of rotatable bonds is 8. The Kier molecular flexibility index (Phi) is 10.3. The van der Waals surface area contributed by atoms with Gasteiger partial charge in [-0.2, -0.15) is 0 Å². The third kappa shape index (κ3) is 8.28. The maximum Gasteiger partial charge on any atom is 0.192 e. The Balaban J connectivity index is 2.59. The van der Waals surface area contributed by atoms with Crippen LogP contribution in [0.15, 0.2) is 35.2 Å². The van der Waals surface area contributed by atoms with E-state index in [2.05, 4.69) is 132 Å². The van der Waals surface area contributed by atoms with E-state index < -0.39 is 25.0 Å². The zero-order valence-corrected chi connectivity index (χ0v) is 30.3. The van der Waals surface area contributed by atoms with Gasteiger partial charge in [0.1, 0.15) is 17.6 Å². The normalized spacial score (nSPS) is 24.8. The van der Waals surface area contributed by atoms with Gasteiger partial charge in [0.25, 0.3) is 0 Å². The molecule has 4 atom stereocenters. The molecule has 0 saturated carbocycles. The average Bonchev–Trinajstić information content (AvgIpc) is 2.70. The van der Waals surface area contributed by atoms with E-state index >= 15 is 0 Å². The second-order valence-electron chi connectivity index (χ2n) is 15.2. The Morgan fingerprint density at radius 1 is 0.649 bits per heavy atom. The van der Waals surface area contributed by atoms with E-state index in [-0.39, 0.29) is 38.9 Å². The topological polar surface area (TPSA) is 36.9 Å². The molecule has 1 aromatic rings. The summed E-state index contributed by atoms with van der Waals surface area (Å²) < 4.78 is 28.3. The van der Waals surface area contributed by atoms with Crippen molar-refractivity contribution in [2.75, 3.05) is 6.61 Å². The Bertz CT molecular complexity index is 870. The fraction of sp³-hybridized carbons (Fsp3) is 0.793. The van der Waals surface area contributed by atoms with E-state index in [1.807, 2.05) is 0 Å². The van der Waals surface area contributed by atoms with Crippen molar-refractivity contribution in [1.82, 2.24) is 0 Å². The lowest BCUT2D eigenvalue weighted by Gasteiger charge is -2.52. The van der Waals surface area contributed by atoms with Crippen molar-refractivity contribution in [1.29, 1.82) is 0 Å². The molecule has 0 aromatic heterocycles. The fourth-order valence-electron chi connectivity index (χ4n) is 3.44. The van der Waals surface area contributed by atoms with Crippen LogP contribution in [0.4, 0.5) is 0 Å². The lowest BCUT2D eigenvalue weighted by molar-refractivity contribution is -0.146. The Morgan fingerprint density at radius 3 is 1.49 bits per heavy atom. The Labute approximate surface area is 236 Å². The zero-order chi connectivity index (χ0) is 28.7. The van der Waals surface area contributed by atoms with Crippen molar-refractivity contribution in [2.45, 2.75) is 145 Å². The van der Waals surface area contributed by atoms with Gasteiger partial charge >= 0.3 is 0 Å². The van der Waals surface area contributed by atoms with Crippen LogP contribution in [0.25, 0.3) is 0 Å². The Morgan fingerprint density at radius 2 is 1.05 bits per heavy atom. The van der Waals surface area contributed by atoms with Crippen LogP contribution in [-0.2, 0) is 18.0 Å². The van der Waals surface area contributed by atoms with E-state index in [4.69, 9.17) is 18.0 Å². The summed E-state index contributed by atoms with van der Waals surface area (Å²) >= 11 is 1.75. The molecule has 1 saturated heterocycles. The summed E-state index contributed by atoms with van der Waals surface area (Å²) in [6.45, 7) is 35.2. The van der Waals surface area contributed by atoms with Crippen molar-refractivity contribution in [2.24, 2.45) is 0 Å². The summed E-state index contributed by atoms with van der Waals surface area (Å²) in [6.07, 6.45) is -0.555. The number of hydrogen-bond donors (Lipinski definition) is 0. The largest absolute Gasteiger partial charge is 0.409 e. The van der Waals surface area contributed by atoms with Crippen LogP contribution in [0, 0.1) is 0 Å². The second kappa shape index (κ2) is 11.5. The molecule has 1 fully saturated rings. The monoisotopic (exact) mass is 584 g/mol. The molecule has 0 spiro atoms. The first-order valence-corrected chi connectivity index (χ1v) is 23.5. The van der Waals surface area contributed by atoms with Gasteiger partial charge in [0.05, 0.1) is 12.7 Å². The maximum absolute atomic E-state index is 7.29. The summed E-state index contributed by atoms with van der Waals surface area (Å²) in [4.78, 5) is 1.19. The molecule has 1 heterocycles. The molecule has 0 bridgehead atoms. The molecule has 37 heavy (non-hydrogen) atoms. The lowest BCUT2D eigenvalue weighted by atomic mass is 10.1. The SMILES string of the molecule is CC(C)(C)[Si](C)(C)O[C@H]1[C@H](O[Si](C)(C)C(C)(C)C)[C@H](O[Si](C)(C)C(C)(C)C)CO[C@@H]1Sc1ccccc1. The van der Waals surface area contributed by atoms with Crippen molar-refractivity contribution in [3.63, 3.8) is 0 Å². The van der Waals surface area contributed by atoms with Crippen molar-refractivity contribution < 1.29 is 18.0 Å². The van der Waals surface area contributed by atoms with Crippen LogP contribution in [0.5, 0.6) is 0 Å². The number of hydrogen-bond acceptors (Lipinski definition) is 5. The number of thioether (sulfide) groups is 1. The number of benzene rings is 1. The predicted molar refractivity (Wildman–Crippen MR) is 168 cm³/mol. The van der Waals surface area contributed by atoms with Gasteiger partial charge in [0, 0.05) is 4.90 Å². The first-order chi connectivity index (χ1) is 16.5. The van der Waals surface area contributed by atoms with Crippen LogP contribution in [-0.4, -0.2) is 55.3 Å². The lowest BCUT2D eigenvalue weighted by Crippen LogP contribution is -2.64. The summed E-state index contributed by atoms with van der Waals surface area (Å²) in [5, 5.41) is 0.250. The van der Waals surface area contributed by atoms with Crippen molar-refractivity contribution in [3.05, 3.63) is 30.3 Å². The van der Waals surface area contributed by atoms with Crippen LogP contribution < -0.4 is 0 Å². The number of ether oxygens (including phenoxy) is 1. The molecular formula is C29H56O4SSi3. The van der Waals surface area contributed by atoms with Crippen LogP contribution in [0.3, 0.4) is 0 Å². The van der Waals surface area contributed by atoms with Gasteiger partial charge in [-0.25, -0.2) is 0 Å². The molecule has 1 aromatic carbocycles. The van der Waals surface area contributed by atoms with Crippen LogP contribution in [0.1, 0.15) is 62.3 Å². The minimum absolute atomic E-state index is 0.0731. The van der Waals surface area contributed by atoms with E-state index in [1.54, 1.807) is 11.8 Å². The van der Waals surface area contributed by atoms with Gasteiger partial charge in [0.15, 0.2) is 25.0 Å². The van der Waals surface area contributed by atoms with E-state index in [0.29, 0.717) is 6.61 Å². The molecule has 8 heteroatoms. The highest BCUT2D eigenvalue weighted by molar-refractivity contribution is 7.99. The average molecular weight is 585 g/mol. The van der Waals surface area contributed by atoms with Gasteiger partial charge in [-0.1, -0.05) is 92.3 Å². The Hall–Kier alpha value is 0.0606. The summed E-state index contributed by atoms with van der Waals surface area (Å²) in [6, 6.07) is 10.5. The standard InChI is InChI=1S/C29H56O4SSi3/c1-27(2,3)35(10,11)31-23-21-30-26(34-22-19-17-16-18-20-22)25(33-37(14,15)29(7,8)9)24(23)32-36(12,13)28(4,5)6/h16-20,23-26H,21H2,1-15H3/t23-,24-,25+,26-/m1/s1. The van der Waals surface area contributed by atoms with Gasteiger partial charge in [-0.3, -0.25) is 0 Å².